The minimum Gasteiger partial charge on any atom is -0.336 e. The van der Waals surface area contributed by atoms with Crippen molar-refractivity contribution in [3.05, 3.63) is 0 Å². The van der Waals surface area contributed by atoms with Gasteiger partial charge in [-0.25, -0.2) is 4.79 Å². The lowest BCUT2D eigenvalue weighted by Crippen LogP contribution is -2.48. The SMILES string of the molecule is N#CCN1CCN(CCNCCN2CCNC2=O)CC1. The number of nitrogens with zero attached hydrogens (tertiary/aromatic N) is 4. The number of carbonyl (C=O) groups is 1. The van der Waals surface area contributed by atoms with Crippen molar-refractivity contribution in [2.24, 2.45) is 0 Å². The first-order valence-electron chi connectivity index (χ1n) is 7.35. The lowest BCUT2D eigenvalue weighted by molar-refractivity contribution is 0.144. The topological polar surface area (TPSA) is 74.6 Å². The Hall–Kier alpha value is -1.36. The Kier molecular flexibility index (Phi) is 6.05. The molecule has 2 heterocycles. The van der Waals surface area contributed by atoms with E-state index in [-0.39, 0.29) is 6.03 Å². The molecule has 0 aromatic carbocycles. The third-order valence-electron chi connectivity index (χ3n) is 3.87. The zero-order valence-electron chi connectivity index (χ0n) is 12.0. The van der Waals surface area contributed by atoms with Crippen molar-refractivity contribution >= 4 is 6.03 Å². The maximum Gasteiger partial charge on any atom is 0.317 e. The van der Waals surface area contributed by atoms with Crippen molar-refractivity contribution in [1.82, 2.24) is 25.3 Å². The van der Waals surface area contributed by atoms with Gasteiger partial charge in [-0.3, -0.25) is 9.80 Å². The van der Waals surface area contributed by atoms with Crippen molar-refractivity contribution < 1.29 is 4.79 Å². The maximum atomic E-state index is 11.3. The van der Waals surface area contributed by atoms with Crippen LogP contribution in [0.2, 0.25) is 0 Å². The van der Waals surface area contributed by atoms with Crippen LogP contribution in [-0.2, 0) is 0 Å². The van der Waals surface area contributed by atoms with Gasteiger partial charge in [-0.2, -0.15) is 5.26 Å². The van der Waals surface area contributed by atoms with Crippen LogP contribution >= 0.6 is 0 Å². The molecule has 0 aliphatic carbocycles. The van der Waals surface area contributed by atoms with E-state index in [4.69, 9.17) is 5.26 Å². The summed E-state index contributed by atoms with van der Waals surface area (Å²) in [5.41, 5.74) is 0. The molecule has 2 aliphatic heterocycles. The molecule has 20 heavy (non-hydrogen) atoms. The fraction of sp³-hybridized carbons (Fsp3) is 0.846. The highest BCUT2D eigenvalue weighted by molar-refractivity contribution is 5.76. The molecule has 0 spiro atoms. The molecular formula is C13H24N6O. The molecule has 2 N–H and O–H groups in total. The van der Waals surface area contributed by atoms with E-state index in [9.17, 15) is 4.79 Å². The van der Waals surface area contributed by atoms with Crippen LogP contribution in [-0.4, -0.2) is 92.7 Å². The summed E-state index contributed by atoms with van der Waals surface area (Å²) in [5, 5.41) is 14.8. The number of hydrogen-bond acceptors (Lipinski definition) is 5. The summed E-state index contributed by atoms with van der Waals surface area (Å²) in [6, 6.07) is 2.26. The second-order valence-electron chi connectivity index (χ2n) is 5.24. The second-order valence-corrected chi connectivity index (χ2v) is 5.24. The monoisotopic (exact) mass is 280 g/mol. The highest BCUT2D eigenvalue weighted by Crippen LogP contribution is 2.00. The van der Waals surface area contributed by atoms with Gasteiger partial charge in [0.15, 0.2) is 0 Å². The normalized spacial score (nSPS) is 20.9. The highest BCUT2D eigenvalue weighted by Gasteiger charge is 2.18. The molecule has 112 valence electrons. The van der Waals surface area contributed by atoms with E-state index in [0.29, 0.717) is 6.54 Å². The molecule has 2 saturated heterocycles. The largest absolute Gasteiger partial charge is 0.336 e. The Bertz CT molecular complexity index is 347. The number of nitrogens with one attached hydrogen (secondary N) is 2. The molecule has 0 unspecified atom stereocenters. The molecule has 0 radical (unpaired) electrons. The quantitative estimate of drug-likeness (QED) is 0.450. The summed E-state index contributed by atoms with van der Waals surface area (Å²) in [5.74, 6) is 0. The molecule has 7 nitrogen and oxygen atoms in total. The molecule has 0 atom stereocenters. The Morgan fingerprint density at radius 2 is 1.80 bits per heavy atom. The Morgan fingerprint density at radius 3 is 2.45 bits per heavy atom. The zero-order valence-corrected chi connectivity index (χ0v) is 12.0. The lowest BCUT2D eigenvalue weighted by atomic mass is 10.3. The van der Waals surface area contributed by atoms with Crippen molar-refractivity contribution in [3.63, 3.8) is 0 Å². The number of hydrogen-bond donors (Lipinski definition) is 2. The average Bonchev–Trinajstić information content (AvgIpc) is 2.86. The van der Waals surface area contributed by atoms with Gasteiger partial charge < -0.3 is 15.5 Å². The van der Waals surface area contributed by atoms with E-state index >= 15 is 0 Å². The Labute approximate surface area is 120 Å². The molecule has 7 heteroatoms. The van der Waals surface area contributed by atoms with Gasteiger partial charge in [-0.05, 0) is 0 Å². The minimum absolute atomic E-state index is 0.0559. The number of piperazine rings is 1. The van der Waals surface area contributed by atoms with Crippen LogP contribution in [0.1, 0.15) is 0 Å². The summed E-state index contributed by atoms with van der Waals surface area (Å²) in [4.78, 5) is 17.8. The van der Waals surface area contributed by atoms with E-state index in [1.165, 1.54) is 0 Å². The van der Waals surface area contributed by atoms with E-state index in [0.717, 1.165) is 65.4 Å². The van der Waals surface area contributed by atoms with Crippen LogP contribution in [0.3, 0.4) is 0 Å². The molecule has 0 bridgehead atoms. The first-order valence-corrected chi connectivity index (χ1v) is 7.35. The van der Waals surface area contributed by atoms with E-state index < -0.39 is 0 Å². The van der Waals surface area contributed by atoms with Gasteiger partial charge in [-0.1, -0.05) is 0 Å². The molecule has 2 rings (SSSR count). The van der Waals surface area contributed by atoms with Crippen molar-refractivity contribution in [2.45, 2.75) is 0 Å². The molecule has 2 aliphatic rings. The maximum absolute atomic E-state index is 11.3. The second kappa shape index (κ2) is 8.04. The number of urea groups is 1. The Morgan fingerprint density at radius 1 is 1.10 bits per heavy atom. The van der Waals surface area contributed by atoms with Gasteiger partial charge in [0.05, 0.1) is 12.6 Å². The summed E-state index contributed by atoms with van der Waals surface area (Å²) < 4.78 is 0. The summed E-state index contributed by atoms with van der Waals surface area (Å²) in [7, 11) is 0. The van der Waals surface area contributed by atoms with Crippen molar-refractivity contribution in [1.29, 1.82) is 5.26 Å². The van der Waals surface area contributed by atoms with Gasteiger partial charge in [0, 0.05) is 65.4 Å². The first-order chi connectivity index (χ1) is 9.79. The first kappa shape index (κ1) is 15.0. The fourth-order valence-electron chi connectivity index (χ4n) is 2.57. The number of nitriles is 1. The molecule has 0 saturated carbocycles. The molecule has 0 aromatic heterocycles. The third kappa shape index (κ3) is 4.63. The van der Waals surface area contributed by atoms with Gasteiger partial charge in [0.1, 0.15) is 0 Å². The van der Waals surface area contributed by atoms with E-state index in [2.05, 4.69) is 26.5 Å². The van der Waals surface area contributed by atoms with Gasteiger partial charge >= 0.3 is 6.03 Å². The average molecular weight is 280 g/mol. The molecule has 2 amide bonds. The van der Waals surface area contributed by atoms with Crippen LogP contribution in [0.25, 0.3) is 0 Å². The summed E-state index contributed by atoms with van der Waals surface area (Å²) in [6.07, 6.45) is 0. The van der Waals surface area contributed by atoms with Crippen molar-refractivity contribution in [2.75, 3.05) is 72.0 Å². The van der Waals surface area contributed by atoms with Crippen LogP contribution in [0.15, 0.2) is 0 Å². The van der Waals surface area contributed by atoms with Gasteiger partial charge in [-0.15, -0.1) is 0 Å². The van der Waals surface area contributed by atoms with Crippen molar-refractivity contribution in [3.8, 4) is 6.07 Å². The molecular weight excluding hydrogens is 256 g/mol. The Balaban J connectivity index is 1.48. The fourth-order valence-corrected chi connectivity index (χ4v) is 2.57. The van der Waals surface area contributed by atoms with Crippen LogP contribution in [0.5, 0.6) is 0 Å². The van der Waals surface area contributed by atoms with E-state index in [1.54, 1.807) is 0 Å². The minimum atomic E-state index is 0.0559. The third-order valence-corrected chi connectivity index (χ3v) is 3.87. The number of rotatable bonds is 7. The van der Waals surface area contributed by atoms with Gasteiger partial charge in [0.25, 0.3) is 0 Å². The molecule has 2 fully saturated rings. The summed E-state index contributed by atoms with van der Waals surface area (Å²) in [6.45, 7) is 9.81. The lowest BCUT2D eigenvalue weighted by Gasteiger charge is -2.33. The predicted molar refractivity (Wildman–Crippen MR) is 76.3 cm³/mol. The van der Waals surface area contributed by atoms with E-state index in [1.807, 2.05) is 4.90 Å². The predicted octanol–water partition coefficient (Wildman–Crippen LogP) is -1.26. The highest BCUT2D eigenvalue weighted by atomic mass is 16.2. The smallest absolute Gasteiger partial charge is 0.317 e. The standard InChI is InChI=1S/C13H24N6O/c14-1-5-17-9-11-18(12-10-17)6-2-15-3-7-19-8-4-16-13(19)20/h15H,2-12H2,(H,16,20). The summed E-state index contributed by atoms with van der Waals surface area (Å²) >= 11 is 0. The van der Waals surface area contributed by atoms with Crippen LogP contribution < -0.4 is 10.6 Å². The zero-order chi connectivity index (χ0) is 14.2. The number of carbonyl (C=O) groups excluding carboxylic acids is 1. The van der Waals surface area contributed by atoms with Crippen LogP contribution in [0, 0.1) is 11.3 Å². The van der Waals surface area contributed by atoms with Gasteiger partial charge in [0.2, 0.25) is 0 Å². The number of amides is 2. The van der Waals surface area contributed by atoms with Crippen LogP contribution in [0.4, 0.5) is 4.79 Å². The molecule has 0 aromatic rings.